The second kappa shape index (κ2) is 29.7. The fourth-order valence-corrected chi connectivity index (χ4v) is 20.4. The topological polar surface area (TPSA) is 146 Å². The van der Waals surface area contributed by atoms with Gasteiger partial charge in [0.2, 0.25) is 39.3 Å². The highest BCUT2D eigenvalue weighted by atomic mass is 79.9. The van der Waals surface area contributed by atoms with E-state index in [-0.39, 0.29) is 71.7 Å². The van der Waals surface area contributed by atoms with E-state index in [9.17, 15) is 33.7 Å². The molecule has 14 aromatic rings. The fourth-order valence-electron chi connectivity index (χ4n) is 14.5. The predicted molar refractivity (Wildman–Crippen MR) is 471 cm³/mol. The van der Waals surface area contributed by atoms with Gasteiger partial charge in [-0.3, -0.25) is 0 Å². The molecule has 10 nitrogen and oxygen atoms in total. The third kappa shape index (κ3) is 16.4. The lowest BCUT2D eigenvalue weighted by Gasteiger charge is -2.21. The maximum atomic E-state index is 14.3. The van der Waals surface area contributed by atoms with Gasteiger partial charge in [-0.1, -0.05) is 229 Å². The minimum absolute atomic E-state index is 0.0373. The zero-order valence-corrected chi connectivity index (χ0v) is 73.9. The molecule has 0 fully saturated rings. The maximum absolute atomic E-state index is 14.3. The number of hydrogen-bond donors (Lipinski definition) is 0. The van der Waals surface area contributed by atoms with Crippen LogP contribution in [0.4, 0.5) is 0 Å². The Kier molecular flexibility index (Phi) is 21.5. The van der Waals surface area contributed by atoms with E-state index in [1.54, 1.807) is 48.5 Å². The average Bonchev–Trinajstić information content (AvgIpc) is 1.59. The largest absolute Gasteiger partial charge is 0.309 e. The van der Waals surface area contributed by atoms with E-state index in [0.717, 1.165) is 70.4 Å². The van der Waals surface area contributed by atoms with Crippen molar-refractivity contribution in [1.29, 1.82) is 0 Å². The van der Waals surface area contributed by atoms with Gasteiger partial charge < -0.3 is 9.13 Å². The number of benzene rings is 12. The number of sulfone groups is 4. The molecule has 12 aromatic carbocycles. The number of aromatic nitrogens is 2. The summed E-state index contributed by atoms with van der Waals surface area (Å²) in [7, 11) is -15.8. The minimum atomic E-state index is -4.10. The zero-order valence-electron chi connectivity index (χ0n) is 67.5. The van der Waals surface area contributed by atoms with Gasteiger partial charge in [0.25, 0.3) is 0 Å². The Morgan fingerprint density at radius 2 is 0.451 bits per heavy atom. The molecule has 1 aliphatic carbocycles. The van der Waals surface area contributed by atoms with Gasteiger partial charge in [0, 0.05) is 41.9 Å². The van der Waals surface area contributed by atoms with E-state index in [4.69, 9.17) is 0 Å². The normalized spacial score (nSPS) is 13.2. The van der Waals surface area contributed by atoms with Gasteiger partial charge in [0.1, 0.15) is 0 Å². The highest BCUT2D eigenvalue weighted by Gasteiger charge is 2.30. The summed E-state index contributed by atoms with van der Waals surface area (Å²) >= 11 is 6.52. The van der Waals surface area contributed by atoms with E-state index in [1.807, 2.05) is 24.3 Å². The van der Waals surface area contributed by atoms with Gasteiger partial charge in [-0.2, -0.15) is 0 Å². The first-order chi connectivity index (χ1) is 52.6. The Balaban J connectivity index is 0.000000192. The lowest BCUT2D eigenvalue weighted by Crippen LogP contribution is -2.11. The summed E-state index contributed by atoms with van der Waals surface area (Å²) in [6, 6.07) is 77.7. The molecule has 582 valence electrons. The molecule has 0 saturated carbocycles. The van der Waals surface area contributed by atoms with Crippen molar-refractivity contribution in [3.63, 3.8) is 0 Å². The van der Waals surface area contributed by atoms with Crippen molar-refractivity contribution >= 4 is 115 Å². The summed E-state index contributed by atoms with van der Waals surface area (Å²) in [5.41, 5.74) is 19.7. The summed E-state index contributed by atoms with van der Waals surface area (Å²) in [5.74, 6) is 0. The first kappa shape index (κ1) is 82.0. The summed E-state index contributed by atoms with van der Waals surface area (Å²) in [4.78, 5) is 0.0130. The molecule has 15 rings (SSSR count). The SMILES string of the molecule is CC(C)(C)c1ccc2c(c1)-c1cc(C(C)(C)C)ccc1C2.CC(C)(C)c1ccc2c(c1)c1cc(C(C)(C)C)ccc1n2-c1ccc(S(=O)(=O)c2cccc(S(=O)(=O)c3ccc(-n4c5ccc(C(C)(C)C)cc5c5cc(C(C)(C)C)ccc54)cc3)c2)cc1.O=S(=O)(c1ccc(Br)cc1)c1cccc(S(=O)(=O)c2ccc(Br)cc2)c1. The standard InChI is InChI=1S/C58H60N2O4S2.C21H26.C18H12Br2O4S2/c1-55(2,3)37-16-28-51-47(32-37)48-33-38(56(4,5)6)17-29-52(48)59(51)41-20-24-43(25-21-41)65(61,62)45-14-13-15-46(36-45)66(63,64)44-26-22-42(23-27-44)60-53-30-18-39(57(7,8)9)34-49(53)50-35-40(58(10,11)12)19-31-54(50)60;1-20(2,3)16-9-7-14-11-15-8-10-17(21(4,5)6)13-19(15)18(14)12-16;19-13-4-8-15(9-5-13)25(21,22)17-2-1-3-18(12-17)26(23,24)16-10-6-14(20)7-11-16/h13-36H,1-12H3;7-10,12-13H,11H2,1-6H3;1-12H. The highest BCUT2D eigenvalue weighted by Crippen LogP contribution is 2.44. The summed E-state index contributed by atoms with van der Waals surface area (Å²) < 4.78 is 114. The third-order valence-electron chi connectivity index (χ3n) is 21.5. The molecule has 0 N–H and O–H groups in total. The van der Waals surface area contributed by atoms with Crippen LogP contribution in [0.25, 0.3) is 66.1 Å². The first-order valence-corrected chi connectivity index (χ1v) is 45.5. The summed E-state index contributed by atoms with van der Waals surface area (Å²) in [5, 5.41) is 4.57. The Morgan fingerprint density at radius 1 is 0.239 bits per heavy atom. The second-order valence-electron chi connectivity index (χ2n) is 35.9. The van der Waals surface area contributed by atoms with E-state index in [1.165, 1.54) is 128 Å². The fraction of sp³-hybridized carbons (Fsp3) is 0.258. The van der Waals surface area contributed by atoms with Crippen molar-refractivity contribution in [1.82, 2.24) is 9.13 Å². The molecular weight excluding hydrogens is 1610 g/mol. The molecule has 0 spiro atoms. The Bertz CT molecular complexity index is 6020. The van der Waals surface area contributed by atoms with E-state index >= 15 is 0 Å². The average molecular weight is 1710 g/mol. The molecule has 0 aliphatic heterocycles. The lowest BCUT2D eigenvalue weighted by molar-refractivity contribution is 0.589. The molecule has 0 unspecified atom stereocenters. The van der Waals surface area contributed by atoms with Gasteiger partial charge in [-0.15, -0.1) is 0 Å². The maximum Gasteiger partial charge on any atom is 0.206 e. The van der Waals surface area contributed by atoms with Crippen molar-refractivity contribution < 1.29 is 33.7 Å². The molecule has 0 amide bonds. The van der Waals surface area contributed by atoms with Crippen LogP contribution in [0.2, 0.25) is 0 Å². The van der Waals surface area contributed by atoms with E-state index in [0.29, 0.717) is 0 Å². The molecule has 2 aromatic heterocycles. The van der Waals surface area contributed by atoms with Crippen LogP contribution < -0.4 is 0 Å². The van der Waals surface area contributed by atoms with Gasteiger partial charge in [-0.05, 0) is 277 Å². The highest BCUT2D eigenvalue weighted by molar-refractivity contribution is 9.10. The Labute approximate surface area is 685 Å². The monoisotopic (exact) mass is 1700 g/mol. The van der Waals surface area contributed by atoms with Crippen molar-refractivity contribution in [3.8, 4) is 22.5 Å². The van der Waals surface area contributed by atoms with Gasteiger partial charge in [-0.25, -0.2) is 33.7 Å². The van der Waals surface area contributed by atoms with Gasteiger partial charge >= 0.3 is 0 Å². The van der Waals surface area contributed by atoms with Crippen molar-refractivity contribution in [2.75, 3.05) is 0 Å². The second-order valence-corrected chi connectivity index (χ2v) is 45.5. The van der Waals surface area contributed by atoms with Crippen LogP contribution in [0.1, 0.15) is 169 Å². The minimum Gasteiger partial charge on any atom is -0.309 e. The number of nitrogens with zero attached hydrogens (tertiary/aromatic N) is 2. The van der Waals surface area contributed by atoms with Crippen LogP contribution in [-0.4, -0.2) is 42.8 Å². The van der Waals surface area contributed by atoms with Crippen molar-refractivity contribution in [3.05, 3.63) is 308 Å². The van der Waals surface area contributed by atoms with Crippen molar-refractivity contribution in [2.24, 2.45) is 0 Å². The van der Waals surface area contributed by atoms with E-state index < -0.39 is 39.3 Å². The van der Waals surface area contributed by atoms with Crippen LogP contribution in [0.15, 0.2) is 303 Å². The molecule has 0 bridgehead atoms. The molecular formula is C97H98Br2N2O8S4. The predicted octanol–water partition coefficient (Wildman–Crippen LogP) is 25.5. The number of halogens is 2. The lowest BCUT2D eigenvalue weighted by atomic mass is 9.83. The van der Waals surface area contributed by atoms with Crippen LogP contribution in [-0.2, 0) is 78.3 Å². The third-order valence-corrected chi connectivity index (χ3v) is 29.7. The van der Waals surface area contributed by atoms with Crippen molar-refractivity contribution in [2.45, 2.75) is 203 Å². The number of fused-ring (bicyclic) bond motifs is 9. The quantitative estimate of drug-likeness (QED) is 0.132. The summed E-state index contributed by atoms with van der Waals surface area (Å²) in [6.45, 7) is 40.3. The molecule has 0 radical (unpaired) electrons. The Morgan fingerprint density at radius 3 is 0.681 bits per heavy atom. The number of rotatable bonds is 10. The molecule has 1 aliphatic rings. The van der Waals surface area contributed by atoms with Crippen LogP contribution >= 0.6 is 31.9 Å². The first-order valence-electron chi connectivity index (χ1n) is 38.0. The van der Waals surface area contributed by atoms with Crippen LogP contribution in [0.5, 0.6) is 0 Å². The molecule has 113 heavy (non-hydrogen) atoms. The smallest absolute Gasteiger partial charge is 0.206 e. The zero-order chi connectivity index (χ0) is 81.9. The van der Waals surface area contributed by atoms with Crippen LogP contribution in [0.3, 0.4) is 0 Å². The molecule has 0 atom stereocenters. The number of hydrogen-bond acceptors (Lipinski definition) is 8. The van der Waals surface area contributed by atoms with Gasteiger partial charge in [0.15, 0.2) is 0 Å². The van der Waals surface area contributed by atoms with E-state index in [2.05, 4.69) is 275 Å². The Hall–Kier alpha value is -9.00. The molecule has 0 saturated heterocycles. The van der Waals surface area contributed by atoms with Crippen LogP contribution in [0, 0.1) is 0 Å². The van der Waals surface area contributed by atoms with Gasteiger partial charge in [0.05, 0.1) is 61.2 Å². The summed E-state index contributed by atoms with van der Waals surface area (Å²) in [6.07, 6.45) is 1.08. The molecule has 16 heteroatoms. The molecule has 2 heterocycles.